The first-order valence-corrected chi connectivity index (χ1v) is 4.79. The smallest absolute Gasteiger partial charge is 0.307 e. The topological polar surface area (TPSA) is 29.5 Å². The van der Waals surface area contributed by atoms with Crippen molar-refractivity contribution < 1.29 is 9.53 Å². The minimum Gasteiger partial charge on any atom is -0.469 e. The van der Waals surface area contributed by atoms with E-state index in [-0.39, 0.29) is 11.5 Å². The van der Waals surface area contributed by atoms with Crippen LogP contribution in [0.5, 0.6) is 0 Å². The Hall–Kier alpha value is -0.570. The normalized spacial score (nSPS) is 11.8. The summed E-state index contributed by atoms with van der Waals surface area (Å²) in [7, 11) is 1.43. The maximum absolute atomic E-state index is 11.1. The molecule has 0 aromatic carbocycles. The molecule has 0 unspecified atom stereocenters. The average molecular weight is 187 g/mol. The lowest BCUT2D eigenvalue weighted by atomic mass is 9.98. The maximum atomic E-state index is 11.1. The Morgan fingerprint density at radius 3 is 2.08 bits per heavy atom. The molecule has 3 nitrogen and oxygen atoms in total. The van der Waals surface area contributed by atoms with E-state index in [2.05, 4.69) is 37.3 Å². The summed E-state index contributed by atoms with van der Waals surface area (Å²) in [5, 5.41) is 0. The zero-order valence-electron chi connectivity index (χ0n) is 9.39. The van der Waals surface area contributed by atoms with E-state index in [1.54, 1.807) is 0 Å². The molecule has 0 radical (unpaired) electrons. The molecule has 3 heteroatoms. The van der Waals surface area contributed by atoms with Gasteiger partial charge < -0.3 is 4.74 Å². The van der Waals surface area contributed by atoms with Crippen molar-refractivity contribution in [1.82, 2.24) is 4.90 Å². The third-order valence-corrected chi connectivity index (χ3v) is 2.42. The Labute approximate surface area is 81.1 Å². The Morgan fingerprint density at radius 2 is 1.77 bits per heavy atom. The lowest BCUT2D eigenvalue weighted by Gasteiger charge is -2.36. The van der Waals surface area contributed by atoms with E-state index in [1.165, 1.54) is 7.11 Å². The molecule has 0 bridgehead atoms. The van der Waals surface area contributed by atoms with Crippen LogP contribution in [0.25, 0.3) is 0 Å². The second kappa shape index (κ2) is 5.22. The van der Waals surface area contributed by atoms with Gasteiger partial charge in [-0.3, -0.25) is 9.69 Å². The van der Waals surface area contributed by atoms with Gasteiger partial charge in [0.25, 0.3) is 0 Å². The molecular weight excluding hydrogens is 166 g/mol. The number of hydrogen-bond acceptors (Lipinski definition) is 3. The van der Waals surface area contributed by atoms with Gasteiger partial charge in [0.1, 0.15) is 0 Å². The molecule has 0 atom stereocenters. The van der Waals surface area contributed by atoms with Crippen LogP contribution in [0.2, 0.25) is 0 Å². The second-order valence-corrected chi connectivity index (χ2v) is 3.74. The number of esters is 1. The molecule has 0 heterocycles. The van der Waals surface area contributed by atoms with Gasteiger partial charge in [-0.1, -0.05) is 13.8 Å². The molecule has 0 N–H and O–H groups in total. The first kappa shape index (κ1) is 12.4. The van der Waals surface area contributed by atoms with Crippen LogP contribution in [-0.2, 0) is 9.53 Å². The van der Waals surface area contributed by atoms with Crippen LogP contribution in [0.15, 0.2) is 0 Å². The summed E-state index contributed by atoms with van der Waals surface area (Å²) in [6.45, 7) is 10.2. The van der Waals surface area contributed by atoms with Gasteiger partial charge in [-0.25, -0.2) is 0 Å². The highest BCUT2D eigenvalue weighted by Gasteiger charge is 2.27. The van der Waals surface area contributed by atoms with Crippen molar-refractivity contribution in [2.45, 2.75) is 39.7 Å². The fraction of sp³-hybridized carbons (Fsp3) is 0.900. The van der Waals surface area contributed by atoms with Crippen LogP contribution in [-0.4, -0.2) is 36.6 Å². The number of nitrogens with zero attached hydrogens (tertiary/aromatic N) is 1. The van der Waals surface area contributed by atoms with Gasteiger partial charge in [-0.15, -0.1) is 0 Å². The molecular formula is C10H21NO2. The Bertz CT molecular complexity index is 162. The molecule has 0 amide bonds. The minimum absolute atomic E-state index is 0.101. The quantitative estimate of drug-likeness (QED) is 0.613. The monoisotopic (exact) mass is 187 g/mol. The van der Waals surface area contributed by atoms with Crippen LogP contribution in [0.1, 0.15) is 34.1 Å². The molecule has 0 aliphatic carbocycles. The predicted octanol–water partition coefficient (Wildman–Crippen LogP) is 1.67. The fourth-order valence-corrected chi connectivity index (χ4v) is 1.62. The molecule has 0 fully saturated rings. The Balaban J connectivity index is 4.26. The molecule has 0 aromatic heterocycles. The van der Waals surface area contributed by atoms with E-state index in [9.17, 15) is 4.79 Å². The van der Waals surface area contributed by atoms with E-state index < -0.39 is 0 Å². The third-order valence-electron chi connectivity index (χ3n) is 2.42. The van der Waals surface area contributed by atoms with Crippen LogP contribution < -0.4 is 0 Å². The molecule has 0 saturated heterocycles. The molecule has 0 aromatic rings. The predicted molar refractivity (Wildman–Crippen MR) is 53.6 cm³/mol. The number of hydrogen-bond donors (Lipinski definition) is 0. The highest BCUT2D eigenvalue weighted by Crippen LogP contribution is 2.18. The SMILES string of the molecule is CCN(CC)C(C)(C)CC(=O)OC. The van der Waals surface area contributed by atoms with Gasteiger partial charge in [0.05, 0.1) is 13.5 Å². The largest absolute Gasteiger partial charge is 0.469 e. The summed E-state index contributed by atoms with van der Waals surface area (Å²) >= 11 is 0. The lowest BCUT2D eigenvalue weighted by Crippen LogP contribution is -2.45. The molecule has 0 rings (SSSR count). The van der Waals surface area contributed by atoms with Gasteiger partial charge in [-0.2, -0.15) is 0 Å². The zero-order valence-corrected chi connectivity index (χ0v) is 9.39. The van der Waals surface area contributed by atoms with Crippen molar-refractivity contribution in [2.75, 3.05) is 20.2 Å². The number of ether oxygens (including phenoxy) is 1. The Morgan fingerprint density at radius 1 is 1.31 bits per heavy atom. The van der Waals surface area contributed by atoms with Crippen LogP contribution in [0, 0.1) is 0 Å². The summed E-state index contributed by atoms with van der Waals surface area (Å²) in [5.74, 6) is -0.142. The van der Waals surface area contributed by atoms with E-state index in [1.807, 2.05) is 0 Å². The van der Waals surface area contributed by atoms with E-state index in [4.69, 9.17) is 0 Å². The van der Waals surface area contributed by atoms with Gasteiger partial charge >= 0.3 is 5.97 Å². The summed E-state index contributed by atoms with van der Waals surface area (Å²) in [6, 6.07) is 0. The fourth-order valence-electron chi connectivity index (χ4n) is 1.62. The summed E-state index contributed by atoms with van der Waals surface area (Å²) in [5.41, 5.74) is -0.101. The van der Waals surface area contributed by atoms with Crippen molar-refractivity contribution in [2.24, 2.45) is 0 Å². The maximum Gasteiger partial charge on any atom is 0.307 e. The molecule has 0 aliphatic heterocycles. The number of methoxy groups -OCH3 is 1. The van der Waals surface area contributed by atoms with Crippen molar-refractivity contribution in [3.8, 4) is 0 Å². The van der Waals surface area contributed by atoms with E-state index in [0.29, 0.717) is 6.42 Å². The first-order valence-electron chi connectivity index (χ1n) is 4.79. The van der Waals surface area contributed by atoms with Crippen LogP contribution in [0.4, 0.5) is 0 Å². The van der Waals surface area contributed by atoms with Crippen LogP contribution >= 0.6 is 0 Å². The summed E-state index contributed by atoms with van der Waals surface area (Å²) < 4.78 is 4.66. The van der Waals surface area contributed by atoms with E-state index >= 15 is 0 Å². The Kier molecular flexibility index (Phi) is 4.99. The van der Waals surface area contributed by atoms with E-state index in [0.717, 1.165) is 13.1 Å². The van der Waals surface area contributed by atoms with Crippen molar-refractivity contribution in [3.63, 3.8) is 0 Å². The zero-order chi connectivity index (χ0) is 10.5. The van der Waals surface area contributed by atoms with Gasteiger partial charge in [0, 0.05) is 5.54 Å². The molecule has 0 aliphatic rings. The minimum atomic E-state index is -0.142. The highest BCUT2D eigenvalue weighted by molar-refractivity contribution is 5.70. The highest BCUT2D eigenvalue weighted by atomic mass is 16.5. The van der Waals surface area contributed by atoms with Gasteiger partial charge in [0.2, 0.25) is 0 Å². The lowest BCUT2D eigenvalue weighted by molar-refractivity contribution is -0.143. The van der Waals surface area contributed by atoms with Crippen molar-refractivity contribution in [1.29, 1.82) is 0 Å². The van der Waals surface area contributed by atoms with Gasteiger partial charge in [-0.05, 0) is 26.9 Å². The van der Waals surface area contributed by atoms with Gasteiger partial charge in [0.15, 0.2) is 0 Å². The third kappa shape index (κ3) is 3.77. The standard InChI is InChI=1S/C10H21NO2/c1-6-11(7-2)10(3,4)8-9(12)13-5/h6-8H2,1-5H3. The molecule has 78 valence electrons. The molecule has 0 saturated carbocycles. The van der Waals surface area contributed by atoms with Crippen molar-refractivity contribution >= 4 is 5.97 Å². The summed E-state index contributed by atoms with van der Waals surface area (Å²) in [4.78, 5) is 13.4. The average Bonchev–Trinajstić information content (AvgIpc) is 2.05. The van der Waals surface area contributed by atoms with Crippen molar-refractivity contribution in [3.05, 3.63) is 0 Å². The number of rotatable bonds is 5. The molecule has 13 heavy (non-hydrogen) atoms. The number of carbonyl (C=O) groups excluding carboxylic acids is 1. The second-order valence-electron chi connectivity index (χ2n) is 3.74. The first-order chi connectivity index (χ1) is 5.97. The summed E-state index contributed by atoms with van der Waals surface area (Å²) in [6.07, 6.45) is 0.450. The number of carbonyl (C=O) groups is 1. The van der Waals surface area contributed by atoms with Crippen LogP contribution in [0.3, 0.4) is 0 Å². The molecule has 0 spiro atoms.